The fourth-order valence-electron chi connectivity index (χ4n) is 3.35. The SMILES string of the molecule is Cc1ccccc1OC[C@@H](C)NC(=O)[C@@H]1CCCN1S(=O)(=O)c1ccc(Cl)cc1. The van der Waals surface area contributed by atoms with Gasteiger partial charge in [-0.25, -0.2) is 8.42 Å². The molecule has 1 fully saturated rings. The molecular weight excluding hydrogens is 412 g/mol. The van der Waals surface area contributed by atoms with Crippen LogP contribution in [0.1, 0.15) is 25.3 Å². The van der Waals surface area contributed by atoms with E-state index in [4.69, 9.17) is 16.3 Å². The molecule has 0 aromatic heterocycles. The maximum atomic E-state index is 13.0. The Hall–Kier alpha value is -2.09. The maximum absolute atomic E-state index is 13.0. The number of nitrogens with one attached hydrogen (secondary N) is 1. The lowest BCUT2D eigenvalue weighted by Crippen LogP contribution is -2.49. The molecule has 156 valence electrons. The average Bonchev–Trinajstić information content (AvgIpc) is 3.19. The largest absolute Gasteiger partial charge is 0.491 e. The molecule has 0 saturated carbocycles. The number of carbonyl (C=O) groups is 1. The fraction of sp³-hybridized carbons (Fsp3) is 0.381. The number of amides is 1. The van der Waals surface area contributed by atoms with E-state index in [-0.39, 0.29) is 16.8 Å². The number of halogens is 1. The van der Waals surface area contributed by atoms with Gasteiger partial charge in [0, 0.05) is 11.6 Å². The number of carbonyl (C=O) groups excluding carboxylic acids is 1. The fourth-order valence-corrected chi connectivity index (χ4v) is 5.13. The summed E-state index contributed by atoms with van der Waals surface area (Å²) in [5.41, 5.74) is 1.02. The van der Waals surface area contributed by atoms with Gasteiger partial charge in [-0.15, -0.1) is 0 Å². The second-order valence-electron chi connectivity index (χ2n) is 7.21. The number of aryl methyl sites for hydroxylation is 1. The van der Waals surface area contributed by atoms with Crippen LogP contribution in [0, 0.1) is 6.92 Å². The number of para-hydroxylation sites is 1. The molecule has 29 heavy (non-hydrogen) atoms. The van der Waals surface area contributed by atoms with Gasteiger partial charge in [0.15, 0.2) is 0 Å². The molecule has 8 heteroatoms. The van der Waals surface area contributed by atoms with Gasteiger partial charge in [-0.3, -0.25) is 4.79 Å². The van der Waals surface area contributed by atoms with E-state index in [0.29, 0.717) is 31.0 Å². The summed E-state index contributed by atoms with van der Waals surface area (Å²) in [6, 6.07) is 12.7. The second kappa shape index (κ2) is 9.15. The van der Waals surface area contributed by atoms with Crippen LogP contribution in [0.25, 0.3) is 0 Å². The van der Waals surface area contributed by atoms with E-state index in [9.17, 15) is 13.2 Å². The van der Waals surface area contributed by atoms with E-state index < -0.39 is 16.1 Å². The third-order valence-electron chi connectivity index (χ3n) is 4.90. The van der Waals surface area contributed by atoms with Crippen molar-refractivity contribution in [2.75, 3.05) is 13.2 Å². The zero-order valence-corrected chi connectivity index (χ0v) is 18.0. The first-order valence-electron chi connectivity index (χ1n) is 9.55. The summed E-state index contributed by atoms with van der Waals surface area (Å²) >= 11 is 5.86. The normalized spacial score (nSPS) is 18.4. The van der Waals surface area contributed by atoms with Gasteiger partial charge in [0.05, 0.1) is 10.9 Å². The number of hydrogen-bond donors (Lipinski definition) is 1. The van der Waals surface area contributed by atoms with Gasteiger partial charge in [0.25, 0.3) is 0 Å². The van der Waals surface area contributed by atoms with Gasteiger partial charge < -0.3 is 10.1 Å². The third-order valence-corrected chi connectivity index (χ3v) is 7.07. The highest BCUT2D eigenvalue weighted by Gasteiger charge is 2.39. The van der Waals surface area contributed by atoms with Crippen molar-refractivity contribution < 1.29 is 17.9 Å². The van der Waals surface area contributed by atoms with Crippen molar-refractivity contribution in [3.63, 3.8) is 0 Å². The number of sulfonamides is 1. The highest BCUT2D eigenvalue weighted by Crippen LogP contribution is 2.27. The molecule has 6 nitrogen and oxygen atoms in total. The Morgan fingerprint density at radius 3 is 2.62 bits per heavy atom. The lowest BCUT2D eigenvalue weighted by molar-refractivity contribution is -0.125. The minimum atomic E-state index is -3.76. The minimum Gasteiger partial charge on any atom is -0.491 e. The second-order valence-corrected chi connectivity index (χ2v) is 9.54. The van der Waals surface area contributed by atoms with Gasteiger partial charge >= 0.3 is 0 Å². The highest BCUT2D eigenvalue weighted by molar-refractivity contribution is 7.89. The third kappa shape index (κ3) is 5.10. The topological polar surface area (TPSA) is 75.7 Å². The van der Waals surface area contributed by atoms with Gasteiger partial charge in [0.2, 0.25) is 15.9 Å². The summed E-state index contributed by atoms with van der Waals surface area (Å²) in [5.74, 6) is 0.460. The summed E-state index contributed by atoms with van der Waals surface area (Å²) in [6.07, 6.45) is 1.13. The summed E-state index contributed by atoms with van der Waals surface area (Å²) in [6.45, 7) is 4.41. The first kappa shape index (κ1) is 21.6. The predicted octanol–water partition coefficient (Wildman–Crippen LogP) is 3.39. The molecule has 1 saturated heterocycles. The molecule has 1 N–H and O–H groups in total. The van der Waals surface area contributed by atoms with Crippen molar-refractivity contribution >= 4 is 27.5 Å². The molecule has 1 heterocycles. The van der Waals surface area contributed by atoms with Crippen LogP contribution < -0.4 is 10.1 Å². The van der Waals surface area contributed by atoms with E-state index in [2.05, 4.69) is 5.32 Å². The average molecular weight is 437 g/mol. The van der Waals surface area contributed by atoms with Crippen LogP contribution >= 0.6 is 11.6 Å². The molecule has 2 aromatic carbocycles. The van der Waals surface area contributed by atoms with Crippen molar-refractivity contribution in [3.05, 3.63) is 59.1 Å². The van der Waals surface area contributed by atoms with Gasteiger partial charge in [0.1, 0.15) is 18.4 Å². The van der Waals surface area contributed by atoms with Crippen LogP contribution in [0.5, 0.6) is 5.75 Å². The van der Waals surface area contributed by atoms with Crippen LogP contribution in [0.2, 0.25) is 5.02 Å². The van der Waals surface area contributed by atoms with Crippen LogP contribution in [0.15, 0.2) is 53.4 Å². The Kier molecular flexibility index (Phi) is 6.82. The lowest BCUT2D eigenvalue weighted by Gasteiger charge is -2.25. The molecule has 0 radical (unpaired) electrons. The van der Waals surface area contributed by atoms with Crippen LogP contribution in [0.4, 0.5) is 0 Å². The Balaban J connectivity index is 1.63. The molecule has 1 aliphatic heterocycles. The smallest absolute Gasteiger partial charge is 0.243 e. The van der Waals surface area contributed by atoms with Gasteiger partial charge in [-0.1, -0.05) is 29.8 Å². The molecule has 1 amide bonds. The van der Waals surface area contributed by atoms with Crippen LogP contribution in [0.3, 0.4) is 0 Å². The monoisotopic (exact) mass is 436 g/mol. The van der Waals surface area contributed by atoms with E-state index in [1.165, 1.54) is 28.6 Å². The number of hydrogen-bond acceptors (Lipinski definition) is 4. The molecule has 1 aliphatic rings. The first-order valence-corrected chi connectivity index (χ1v) is 11.4. The van der Waals surface area contributed by atoms with E-state index in [0.717, 1.165) is 11.3 Å². The zero-order valence-electron chi connectivity index (χ0n) is 16.5. The van der Waals surface area contributed by atoms with Gasteiger partial charge in [-0.2, -0.15) is 4.31 Å². The summed E-state index contributed by atoms with van der Waals surface area (Å²) in [7, 11) is -3.76. The van der Waals surface area contributed by atoms with Crippen LogP contribution in [-0.4, -0.2) is 43.9 Å². The molecular formula is C21H25ClN2O4S. The van der Waals surface area contributed by atoms with Crippen molar-refractivity contribution in [2.45, 2.75) is 43.7 Å². The van der Waals surface area contributed by atoms with E-state index >= 15 is 0 Å². The van der Waals surface area contributed by atoms with Crippen molar-refractivity contribution in [1.29, 1.82) is 0 Å². The number of nitrogens with zero attached hydrogens (tertiary/aromatic N) is 1. The summed E-state index contributed by atoms with van der Waals surface area (Å²) in [5, 5.41) is 3.34. The van der Waals surface area contributed by atoms with Crippen molar-refractivity contribution in [1.82, 2.24) is 9.62 Å². The quantitative estimate of drug-likeness (QED) is 0.721. The lowest BCUT2D eigenvalue weighted by atomic mass is 10.2. The molecule has 0 unspecified atom stereocenters. The molecule has 3 rings (SSSR count). The van der Waals surface area contributed by atoms with Crippen molar-refractivity contribution in [2.24, 2.45) is 0 Å². The highest BCUT2D eigenvalue weighted by atomic mass is 35.5. The number of benzene rings is 2. The number of ether oxygens (including phenoxy) is 1. The van der Waals surface area contributed by atoms with Gasteiger partial charge in [-0.05, 0) is 62.6 Å². The minimum absolute atomic E-state index is 0.137. The number of rotatable bonds is 7. The Morgan fingerprint density at radius 1 is 1.24 bits per heavy atom. The molecule has 0 aliphatic carbocycles. The van der Waals surface area contributed by atoms with Crippen molar-refractivity contribution in [3.8, 4) is 5.75 Å². The standard InChI is InChI=1S/C21H25ClN2O4S/c1-15-6-3-4-8-20(15)28-14-16(2)23-21(25)19-7-5-13-24(19)29(26,27)18-11-9-17(22)10-12-18/h3-4,6,8-12,16,19H,5,7,13-14H2,1-2H3,(H,23,25)/t16-,19+/m1/s1. The van der Waals surface area contributed by atoms with Crippen LogP contribution in [-0.2, 0) is 14.8 Å². The summed E-state index contributed by atoms with van der Waals surface area (Å²) < 4.78 is 33.0. The molecule has 2 aromatic rings. The Labute approximate surface area is 176 Å². The first-order chi connectivity index (χ1) is 13.8. The van der Waals surface area contributed by atoms with E-state index in [1.54, 1.807) is 0 Å². The zero-order chi connectivity index (χ0) is 21.0. The molecule has 0 spiro atoms. The molecule has 2 atom stereocenters. The van der Waals surface area contributed by atoms with E-state index in [1.807, 2.05) is 38.1 Å². The molecule has 0 bridgehead atoms. The predicted molar refractivity (Wildman–Crippen MR) is 113 cm³/mol. The maximum Gasteiger partial charge on any atom is 0.243 e. The Bertz CT molecular complexity index is 963. The Morgan fingerprint density at radius 2 is 1.93 bits per heavy atom. The summed E-state index contributed by atoms with van der Waals surface area (Å²) in [4.78, 5) is 12.9.